The summed E-state index contributed by atoms with van der Waals surface area (Å²) in [5.41, 5.74) is 1.32. The molecule has 2 aromatic rings. The van der Waals surface area contributed by atoms with Crippen molar-refractivity contribution in [3.05, 3.63) is 48.0 Å². The lowest BCUT2D eigenvalue weighted by Gasteiger charge is -2.04. The third-order valence-electron chi connectivity index (χ3n) is 2.60. The number of rotatable bonds is 4. The summed E-state index contributed by atoms with van der Waals surface area (Å²) in [5, 5.41) is 2.57. The SMILES string of the molecule is O=[C]CCCc1cccc2ccccc12. The molecule has 15 heavy (non-hydrogen) atoms. The Bertz CT molecular complexity index is 454. The first-order valence-electron chi connectivity index (χ1n) is 5.23. The molecule has 0 atom stereocenters. The summed E-state index contributed by atoms with van der Waals surface area (Å²) in [5.74, 6) is 0. The van der Waals surface area contributed by atoms with E-state index >= 15 is 0 Å². The number of hydrogen-bond acceptors (Lipinski definition) is 1. The summed E-state index contributed by atoms with van der Waals surface area (Å²) < 4.78 is 0. The van der Waals surface area contributed by atoms with Crippen molar-refractivity contribution in [2.45, 2.75) is 19.3 Å². The number of fused-ring (bicyclic) bond motifs is 1. The van der Waals surface area contributed by atoms with Gasteiger partial charge in [-0.25, -0.2) is 0 Å². The number of benzene rings is 2. The van der Waals surface area contributed by atoms with Crippen LogP contribution in [0.5, 0.6) is 0 Å². The summed E-state index contributed by atoms with van der Waals surface area (Å²) >= 11 is 0. The van der Waals surface area contributed by atoms with E-state index in [4.69, 9.17) is 0 Å². The smallest absolute Gasteiger partial charge is 0.198 e. The van der Waals surface area contributed by atoms with E-state index in [1.54, 1.807) is 0 Å². The van der Waals surface area contributed by atoms with Gasteiger partial charge in [-0.1, -0.05) is 42.5 Å². The fourth-order valence-corrected chi connectivity index (χ4v) is 1.86. The van der Waals surface area contributed by atoms with Crippen molar-refractivity contribution in [1.29, 1.82) is 0 Å². The topological polar surface area (TPSA) is 17.1 Å². The molecule has 2 aromatic carbocycles. The van der Waals surface area contributed by atoms with Crippen LogP contribution < -0.4 is 0 Å². The van der Waals surface area contributed by atoms with Gasteiger partial charge in [0.05, 0.1) is 0 Å². The highest BCUT2D eigenvalue weighted by Crippen LogP contribution is 2.19. The average molecular weight is 197 g/mol. The van der Waals surface area contributed by atoms with Gasteiger partial charge >= 0.3 is 0 Å². The van der Waals surface area contributed by atoms with Crippen LogP contribution in [0, 0.1) is 0 Å². The minimum absolute atomic E-state index is 0.531. The molecule has 0 aliphatic carbocycles. The van der Waals surface area contributed by atoms with E-state index < -0.39 is 0 Å². The largest absolute Gasteiger partial charge is 0.291 e. The molecule has 1 heteroatoms. The van der Waals surface area contributed by atoms with Crippen molar-refractivity contribution in [2.75, 3.05) is 0 Å². The third kappa shape index (κ3) is 2.24. The fraction of sp³-hybridized carbons (Fsp3) is 0.214. The van der Waals surface area contributed by atoms with Gasteiger partial charge in [-0.15, -0.1) is 0 Å². The zero-order chi connectivity index (χ0) is 10.5. The van der Waals surface area contributed by atoms with E-state index in [2.05, 4.69) is 36.4 Å². The Morgan fingerprint density at radius 3 is 2.67 bits per heavy atom. The first kappa shape index (κ1) is 9.91. The van der Waals surface area contributed by atoms with E-state index in [9.17, 15) is 4.79 Å². The zero-order valence-electron chi connectivity index (χ0n) is 8.57. The predicted octanol–water partition coefficient (Wildman–Crippen LogP) is 3.27. The maximum Gasteiger partial charge on any atom is 0.198 e. The van der Waals surface area contributed by atoms with Gasteiger partial charge in [0.2, 0.25) is 0 Å². The molecule has 0 unspecified atom stereocenters. The molecule has 0 bridgehead atoms. The molecule has 0 aliphatic rings. The Balaban J connectivity index is 2.30. The van der Waals surface area contributed by atoms with Gasteiger partial charge < -0.3 is 0 Å². The number of aryl methyl sites for hydroxylation is 1. The normalized spacial score (nSPS) is 10.4. The van der Waals surface area contributed by atoms with Gasteiger partial charge in [0, 0.05) is 6.42 Å². The van der Waals surface area contributed by atoms with Crippen molar-refractivity contribution in [3.63, 3.8) is 0 Å². The molecule has 0 aliphatic heterocycles. The van der Waals surface area contributed by atoms with Gasteiger partial charge in [0.15, 0.2) is 6.29 Å². The molecular weight excluding hydrogens is 184 g/mol. The van der Waals surface area contributed by atoms with Crippen LogP contribution in [-0.4, -0.2) is 6.29 Å². The quantitative estimate of drug-likeness (QED) is 0.687. The minimum atomic E-state index is 0.531. The molecule has 0 fully saturated rings. The second kappa shape index (κ2) is 4.74. The van der Waals surface area contributed by atoms with Crippen LogP contribution in [0.4, 0.5) is 0 Å². The standard InChI is InChI=1S/C14H13O/c15-11-4-3-7-13-9-5-8-12-6-1-2-10-14(12)13/h1-2,5-6,8-10H,3-4,7H2. The summed E-state index contributed by atoms with van der Waals surface area (Å²) in [6.45, 7) is 0. The molecule has 0 spiro atoms. The summed E-state index contributed by atoms with van der Waals surface area (Å²) in [7, 11) is 0. The average Bonchev–Trinajstić information content (AvgIpc) is 2.30. The third-order valence-corrected chi connectivity index (χ3v) is 2.60. The van der Waals surface area contributed by atoms with Crippen molar-refractivity contribution in [2.24, 2.45) is 0 Å². The monoisotopic (exact) mass is 197 g/mol. The number of hydrogen-bond donors (Lipinski definition) is 0. The lowest BCUT2D eigenvalue weighted by Crippen LogP contribution is -1.88. The molecule has 0 N–H and O–H groups in total. The van der Waals surface area contributed by atoms with Crippen molar-refractivity contribution in [3.8, 4) is 0 Å². The summed E-state index contributed by atoms with van der Waals surface area (Å²) in [6, 6.07) is 14.7. The molecule has 2 rings (SSSR count). The Labute approximate surface area is 89.7 Å². The molecule has 0 saturated carbocycles. The highest BCUT2D eigenvalue weighted by Gasteiger charge is 1.99. The van der Waals surface area contributed by atoms with Crippen LogP contribution in [0.3, 0.4) is 0 Å². The second-order valence-corrected chi connectivity index (χ2v) is 3.64. The van der Waals surface area contributed by atoms with Crippen molar-refractivity contribution in [1.82, 2.24) is 0 Å². The van der Waals surface area contributed by atoms with Gasteiger partial charge in [-0.3, -0.25) is 4.79 Å². The van der Waals surface area contributed by atoms with Crippen LogP contribution in [-0.2, 0) is 11.2 Å². The molecule has 1 nitrogen and oxygen atoms in total. The fourth-order valence-electron chi connectivity index (χ4n) is 1.86. The van der Waals surface area contributed by atoms with Crippen molar-refractivity contribution < 1.29 is 4.79 Å². The minimum Gasteiger partial charge on any atom is -0.291 e. The number of unbranched alkanes of at least 4 members (excludes halogenated alkanes) is 1. The van der Waals surface area contributed by atoms with Gasteiger partial charge in [0.25, 0.3) is 0 Å². The lowest BCUT2D eigenvalue weighted by molar-refractivity contribution is 0.549. The Kier molecular flexibility index (Phi) is 3.13. The van der Waals surface area contributed by atoms with Gasteiger partial charge in [-0.05, 0) is 29.2 Å². The molecule has 0 amide bonds. The van der Waals surface area contributed by atoms with E-state index in [1.807, 2.05) is 12.4 Å². The van der Waals surface area contributed by atoms with Crippen molar-refractivity contribution >= 4 is 17.1 Å². The lowest BCUT2D eigenvalue weighted by atomic mass is 10.0. The summed E-state index contributed by atoms with van der Waals surface area (Å²) in [6.07, 6.45) is 4.31. The Morgan fingerprint density at radius 2 is 1.80 bits per heavy atom. The molecule has 0 saturated heterocycles. The van der Waals surface area contributed by atoms with E-state index in [1.165, 1.54) is 16.3 Å². The Hall–Kier alpha value is -1.63. The predicted molar refractivity (Wildman–Crippen MR) is 62.6 cm³/mol. The molecule has 75 valence electrons. The molecule has 1 radical (unpaired) electrons. The van der Waals surface area contributed by atoms with E-state index in [-0.39, 0.29) is 0 Å². The second-order valence-electron chi connectivity index (χ2n) is 3.64. The van der Waals surface area contributed by atoms with Crippen LogP contribution in [0.2, 0.25) is 0 Å². The highest BCUT2D eigenvalue weighted by atomic mass is 16.1. The maximum absolute atomic E-state index is 10.1. The maximum atomic E-state index is 10.1. The van der Waals surface area contributed by atoms with Gasteiger partial charge in [0.1, 0.15) is 0 Å². The first-order chi connectivity index (χ1) is 7.42. The van der Waals surface area contributed by atoms with Crippen LogP contribution >= 0.6 is 0 Å². The molecular formula is C14H13O. The zero-order valence-corrected chi connectivity index (χ0v) is 8.57. The Morgan fingerprint density at radius 1 is 1.00 bits per heavy atom. The van der Waals surface area contributed by atoms with Gasteiger partial charge in [-0.2, -0.15) is 0 Å². The molecule has 0 aromatic heterocycles. The summed E-state index contributed by atoms with van der Waals surface area (Å²) in [4.78, 5) is 10.1. The van der Waals surface area contributed by atoms with Crippen LogP contribution in [0.1, 0.15) is 18.4 Å². The van der Waals surface area contributed by atoms with E-state index in [0.717, 1.165) is 12.8 Å². The van der Waals surface area contributed by atoms with E-state index in [0.29, 0.717) is 6.42 Å². The first-order valence-corrected chi connectivity index (χ1v) is 5.23. The van der Waals surface area contributed by atoms with Crippen LogP contribution in [0.25, 0.3) is 10.8 Å². The highest BCUT2D eigenvalue weighted by molar-refractivity contribution is 5.85. The van der Waals surface area contributed by atoms with Crippen LogP contribution in [0.15, 0.2) is 42.5 Å². The molecule has 0 heterocycles. The number of carbonyl (C=O) groups excluding carboxylic acids is 1.